The maximum atomic E-state index is 13.2. The van der Waals surface area contributed by atoms with Crippen LogP contribution in [0.25, 0.3) is 0 Å². The number of rotatable bonds is 4. The summed E-state index contributed by atoms with van der Waals surface area (Å²) in [5.74, 6) is 0.619. The highest BCUT2D eigenvalue weighted by atomic mass is 35.5. The van der Waals surface area contributed by atoms with Crippen LogP contribution in [0.15, 0.2) is 54.6 Å². The Morgan fingerprint density at radius 1 is 0.913 bits per heavy atom. The summed E-state index contributed by atoms with van der Waals surface area (Å²) in [6.07, 6.45) is 0. The largest absolute Gasteiger partial charge is 0.340 e. The lowest BCUT2D eigenvalue weighted by atomic mass is 10.3. The molecule has 3 aromatic rings. The summed E-state index contributed by atoms with van der Waals surface area (Å²) < 4.78 is 13.2. The molecule has 2 N–H and O–H groups in total. The van der Waals surface area contributed by atoms with Crippen LogP contribution in [0.5, 0.6) is 0 Å². The van der Waals surface area contributed by atoms with E-state index in [2.05, 4.69) is 20.6 Å². The quantitative estimate of drug-likeness (QED) is 0.702. The lowest BCUT2D eigenvalue weighted by Gasteiger charge is -2.10. The topological polar surface area (TPSA) is 49.8 Å². The van der Waals surface area contributed by atoms with Gasteiger partial charge in [-0.05, 0) is 37.3 Å². The zero-order valence-electron chi connectivity index (χ0n) is 12.3. The molecule has 6 heteroatoms. The molecule has 4 nitrogen and oxygen atoms in total. The minimum absolute atomic E-state index is 0.0587. The molecule has 0 saturated carbocycles. The molecule has 1 aromatic heterocycles. The number of anilines is 4. The van der Waals surface area contributed by atoms with Crippen LogP contribution in [0.3, 0.4) is 0 Å². The second kappa shape index (κ2) is 6.62. The van der Waals surface area contributed by atoms with E-state index in [0.717, 1.165) is 11.4 Å². The number of benzene rings is 2. The van der Waals surface area contributed by atoms with Crippen molar-refractivity contribution in [2.45, 2.75) is 6.92 Å². The molecule has 116 valence electrons. The summed E-state index contributed by atoms with van der Waals surface area (Å²) in [5, 5.41) is 6.30. The van der Waals surface area contributed by atoms with Crippen LogP contribution in [0.1, 0.15) is 5.69 Å². The molecule has 2 aromatic carbocycles. The SMILES string of the molecule is Cc1cc(Nc2ccc(F)c(Cl)c2)nc(Nc2ccccc2)n1. The van der Waals surface area contributed by atoms with Crippen molar-refractivity contribution in [3.05, 3.63) is 71.1 Å². The van der Waals surface area contributed by atoms with E-state index < -0.39 is 5.82 Å². The van der Waals surface area contributed by atoms with Crippen LogP contribution in [0.4, 0.5) is 27.5 Å². The molecule has 0 aliphatic rings. The van der Waals surface area contributed by atoms with Gasteiger partial charge in [0.2, 0.25) is 5.95 Å². The van der Waals surface area contributed by atoms with E-state index in [9.17, 15) is 4.39 Å². The zero-order chi connectivity index (χ0) is 16.2. The van der Waals surface area contributed by atoms with Crippen molar-refractivity contribution in [3.63, 3.8) is 0 Å². The number of hydrogen-bond acceptors (Lipinski definition) is 4. The van der Waals surface area contributed by atoms with E-state index in [0.29, 0.717) is 17.5 Å². The second-order valence-electron chi connectivity index (χ2n) is 4.96. The highest BCUT2D eigenvalue weighted by Crippen LogP contribution is 2.23. The fourth-order valence-electron chi connectivity index (χ4n) is 2.06. The van der Waals surface area contributed by atoms with Crippen LogP contribution < -0.4 is 10.6 Å². The van der Waals surface area contributed by atoms with E-state index in [1.807, 2.05) is 37.3 Å². The number of nitrogens with zero attached hydrogens (tertiary/aromatic N) is 2. The number of aromatic nitrogens is 2. The highest BCUT2D eigenvalue weighted by molar-refractivity contribution is 6.31. The van der Waals surface area contributed by atoms with Crippen LogP contribution >= 0.6 is 11.6 Å². The molecule has 0 atom stereocenters. The molecule has 0 radical (unpaired) electrons. The van der Waals surface area contributed by atoms with Crippen molar-refractivity contribution in [1.29, 1.82) is 0 Å². The number of para-hydroxylation sites is 1. The van der Waals surface area contributed by atoms with Crippen molar-refractivity contribution >= 4 is 34.7 Å². The van der Waals surface area contributed by atoms with E-state index in [-0.39, 0.29) is 5.02 Å². The molecule has 1 heterocycles. The van der Waals surface area contributed by atoms with Gasteiger partial charge >= 0.3 is 0 Å². The summed E-state index contributed by atoms with van der Waals surface area (Å²) >= 11 is 5.79. The number of halogens is 2. The Balaban J connectivity index is 1.83. The molecule has 0 fully saturated rings. The summed E-state index contributed by atoms with van der Waals surface area (Å²) in [4.78, 5) is 8.76. The Hall–Kier alpha value is -2.66. The third-order valence-corrected chi connectivity index (χ3v) is 3.37. The molecule has 0 unspecified atom stereocenters. The molecule has 0 bridgehead atoms. The lowest BCUT2D eigenvalue weighted by molar-refractivity contribution is 0.628. The monoisotopic (exact) mass is 328 g/mol. The highest BCUT2D eigenvalue weighted by Gasteiger charge is 2.05. The molecule has 0 aliphatic carbocycles. The Morgan fingerprint density at radius 2 is 1.70 bits per heavy atom. The molecular formula is C17H14ClFN4. The predicted octanol–water partition coefficient (Wildman–Crippen LogP) is 5.06. The third-order valence-electron chi connectivity index (χ3n) is 3.08. The average molecular weight is 329 g/mol. The average Bonchev–Trinajstić information content (AvgIpc) is 2.51. The van der Waals surface area contributed by atoms with E-state index in [1.54, 1.807) is 12.1 Å². The molecule has 23 heavy (non-hydrogen) atoms. The Labute approximate surface area is 138 Å². The number of aryl methyl sites for hydroxylation is 1. The molecular weight excluding hydrogens is 315 g/mol. The van der Waals surface area contributed by atoms with Crippen molar-refractivity contribution in [2.75, 3.05) is 10.6 Å². The van der Waals surface area contributed by atoms with Gasteiger partial charge in [-0.3, -0.25) is 0 Å². The predicted molar refractivity (Wildman–Crippen MR) is 91.2 cm³/mol. The first-order chi connectivity index (χ1) is 11.1. The van der Waals surface area contributed by atoms with Gasteiger partial charge in [-0.25, -0.2) is 9.37 Å². The van der Waals surface area contributed by atoms with E-state index in [1.165, 1.54) is 12.1 Å². The van der Waals surface area contributed by atoms with E-state index in [4.69, 9.17) is 11.6 Å². The van der Waals surface area contributed by atoms with E-state index >= 15 is 0 Å². The first-order valence-corrected chi connectivity index (χ1v) is 7.38. The molecule has 0 spiro atoms. The fourth-order valence-corrected chi connectivity index (χ4v) is 2.24. The molecule has 0 amide bonds. The minimum atomic E-state index is -0.456. The standard InChI is InChI=1S/C17H14ClFN4/c1-11-9-16(21-13-7-8-15(19)14(18)10-13)23-17(20-11)22-12-5-3-2-4-6-12/h2-10H,1H3,(H2,20,21,22,23). The first kappa shape index (κ1) is 15.2. The van der Waals surface area contributed by atoms with Gasteiger partial charge in [-0.1, -0.05) is 29.8 Å². The van der Waals surface area contributed by atoms with Gasteiger partial charge in [0.15, 0.2) is 0 Å². The Bertz CT molecular complexity index is 824. The van der Waals surface area contributed by atoms with Gasteiger partial charge in [0.1, 0.15) is 11.6 Å². The zero-order valence-corrected chi connectivity index (χ0v) is 13.1. The third kappa shape index (κ3) is 3.96. The van der Waals surface area contributed by atoms with Gasteiger partial charge in [0, 0.05) is 23.1 Å². The van der Waals surface area contributed by atoms with Crippen LogP contribution in [0, 0.1) is 12.7 Å². The van der Waals surface area contributed by atoms with Crippen LogP contribution in [-0.4, -0.2) is 9.97 Å². The van der Waals surface area contributed by atoms with Crippen molar-refractivity contribution in [2.24, 2.45) is 0 Å². The van der Waals surface area contributed by atoms with Gasteiger partial charge in [0.25, 0.3) is 0 Å². The maximum absolute atomic E-state index is 13.2. The second-order valence-corrected chi connectivity index (χ2v) is 5.37. The summed E-state index contributed by atoms with van der Waals surface area (Å²) in [6.45, 7) is 1.88. The van der Waals surface area contributed by atoms with Gasteiger partial charge in [-0.2, -0.15) is 4.98 Å². The van der Waals surface area contributed by atoms with Gasteiger partial charge in [0.05, 0.1) is 5.02 Å². The van der Waals surface area contributed by atoms with Crippen LogP contribution in [-0.2, 0) is 0 Å². The number of nitrogens with one attached hydrogen (secondary N) is 2. The van der Waals surface area contributed by atoms with Crippen molar-refractivity contribution < 1.29 is 4.39 Å². The van der Waals surface area contributed by atoms with Gasteiger partial charge in [-0.15, -0.1) is 0 Å². The lowest BCUT2D eigenvalue weighted by Crippen LogP contribution is -2.02. The Morgan fingerprint density at radius 3 is 2.43 bits per heavy atom. The smallest absolute Gasteiger partial charge is 0.229 e. The maximum Gasteiger partial charge on any atom is 0.229 e. The van der Waals surface area contributed by atoms with Crippen molar-refractivity contribution in [3.8, 4) is 0 Å². The van der Waals surface area contributed by atoms with Gasteiger partial charge < -0.3 is 10.6 Å². The van der Waals surface area contributed by atoms with Crippen molar-refractivity contribution in [1.82, 2.24) is 9.97 Å². The summed E-state index contributed by atoms with van der Waals surface area (Å²) in [7, 11) is 0. The molecule has 0 aliphatic heterocycles. The Kier molecular flexibility index (Phi) is 4.39. The van der Waals surface area contributed by atoms with Crippen LogP contribution in [0.2, 0.25) is 5.02 Å². The normalized spacial score (nSPS) is 10.4. The molecule has 3 rings (SSSR count). The summed E-state index contributed by atoms with van der Waals surface area (Å²) in [5.41, 5.74) is 2.35. The summed E-state index contributed by atoms with van der Waals surface area (Å²) in [6, 6.07) is 15.9. The first-order valence-electron chi connectivity index (χ1n) is 7.00. The minimum Gasteiger partial charge on any atom is -0.340 e. The number of hydrogen-bond donors (Lipinski definition) is 2. The molecule has 0 saturated heterocycles. The fraction of sp³-hybridized carbons (Fsp3) is 0.0588.